The van der Waals surface area contributed by atoms with Crippen LogP contribution in [-0.4, -0.2) is 22.8 Å². The first-order valence-electron chi connectivity index (χ1n) is 4.83. The van der Waals surface area contributed by atoms with Gasteiger partial charge < -0.3 is 0 Å². The summed E-state index contributed by atoms with van der Waals surface area (Å²) in [6.07, 6.45) is 2.69. The fraction of sp³-hybridized carbons (Fsp3) is 0.600. The van der Waals surface area contributed by atoms with E-state index in [-0.39, 0.29) is 0 Å². The van der Waals surface area contributed by atoms with Crippen LogP contribution in [0.3, 0.4) is 0 Å². The first kappa shape index (κ1) is 11.1. The molecule has 1 fully saturated rings. The molecule has 0 N–H and O–H groups in total. The highest BCUT2D eigenvalue weighted by molar-refractivity contribution is 9.11. The molecule has 1 aliphatic rings. The van der Waals surface area contributed by atoms with Crippen LogP contribution in [-0.2, 0) is 6.54 Å². The summed E-state index contributed by atoms with van der Waals surface area (Å²) in [6, 6.07) is 2.96. The maximum absolute atomic E-state index is 3.60. The molecule has 0 bridgehead atoms. The molecular formula is C10H13Br2NS. The number of hydrogen-bond acceptors (Lipinski definition) is 2. The maximum atomic E-state index is 3.60. The van der Waals surface area contributed by atoms with E-state index in [1.165, 1.54) is 28.7 Å². The van der Waals surface area contributed by atoms with Crippen molar-refractivity contribution in [1.29, 1.82) is 0 Å². The van der Waals surface area contributed by atoms with Crippen LogP contribution in [0, 0.1) is 0 Å². The van der Waals surface area contributed by atoms with Crippen LogP contribution in [0.25, 0.3) is 0 Å². The van der Waals surface area contributed by atoms with Crippen molar-refractivity contribution >= 4 is 43.2 Å². The molecule has 0 radical (unpaired) electrons. The van der Waals surface area contributed by atoms with E-state index in [0.717, 1.165) is 17.9 Å². The van der Waals surface area contributed by atoms with E-state index in [0.29, 0.717) is 0 Å². The van der Waals surface area contributed by atoms with Crippen LogP contribution in [0.2, 0.25) is 0 Å². The van der Waals surface area contributed by atoms with Gasteiger partial charge in [-0.2, -0.15) is 0 Å². The molecule has 0 aliphatic carbocycles. The molecule has 4 heteroatoms. The largest absolute Gasteiger partial charge is 0.295 e. The second-order valence-electron chi connectivity index (χ2n) is 3.64. The van der Waals surface area contributed by atoms with Gasteiger partial charge in [-0.15, -0.1) is 11.3 Å². The molecule has 0 aromatic carbocycles. The molecule has 1 aliphatic heterocycles. The van der Waals surface area contributed by atoms with Crippen LogP contribution >= 0.6 is 43.2 Å². The number of halogens is 2. The number of thiophene rings is 1. The van der Waals surface area contributed by atoms with Gasteiger partial charge in [-0.3, -0.25) is 4.90 Å². The predicted octanol–water partition coefficient (Wildman–Crippen LogP) is 3.87. The third-order valence-electron chi connectivity index (χ3n) is 2.74. The molecule has 1 atom stereocenters. The number of hydrogen-bond donors (Lipinski definition) is 0. The van der Waals surface area contributed by atoms with E-state index in [1.54, 1.807) is 11.3 Å². The molecule has 1 aromatic heterocycles. The Bertz CT molecular complexity index is 300. The topological polar surface area (TPSA) is 3.24 Å². The number of nitrogens with zero attached hydrogens (tertiary/aromatic N) is 1. The summed E-state index contributed by atoms with van der Waals surface area (Å²) >= 11 is 8.96. The van der Waals surface area contributed by atoms with Crippen molar-refractivity contribution < 1.29 is 0 Å². The molecule has 1 nitrogen and oxygen atoms in total. The SMILES string of the molecule is BrCC1CCCN1Cc1ccsc1Br. The average Bonchev–Trinajstić information content (AvgIpc) is 2.77. The zero-order chi connectivity index (χ0) is 9.97. The second kappa shape index (κ2) is 5.10. The van der Waals surface area contributed by atoms with Gasteiger partial charge in [0.15, 0.2) is 0 Å². The zero-order valence-corrected chi connectivity index (χ0v) is 11.9. The van der Waals surface area contributed by atoms with Gasteiger partial charge in [-0.25, -0.2) is 0 Å². The minimum Gasteiger partial charge on any atom is -0.295 e. The summed E-state index contributed by atoms with van der Waals surface area (Å²) in [4.78, 5) is 2.57. The van der Waals surface area contributed by atoms with Gasteiger partial charge in [0, 0.05) is 17.9 Å². The number of alkyl halides is 1. The highest BCUT2D eigenvalue weighted by Gasteiger charge is 2.23. The quantitative estimate of drug-likeness (QED) is 0.756. The molecule has 0 spiro atoms. The molecule has 2 heterocycles. The zero-order valence-electron chi connectivity index (χ0n) is 7.88. The summed E-state index contributed by atoms with van der Waals surface area (Å²) in [6.45, 7) is 2.35. The Morgan fingerprint density at radius 3 is 3.07 bits per heavy atom. The lowest BCUT2D eigenvalue weighted by molar-refractivity contribution is 0.265. The average molecular weight is 339 g/mol. The van der Waals surface area contributed by atoms with Gasteiger partial charge in [-0.1, -0.05) is 15.9 Å². The van der Waals surface area contributed by atoms with E-state index >= 15 is 0 Å². The van der Waals surface area contributed by atoms with Crippen LogP contribution in [0.15, 0.2) is 15.2 Å². The van der Waals surface area contributed by atoms with E-state index in [9.17, 15) is 0 Å². The van der Waals surface area contributed by atoms with Crippen molar-refractivity contribution in [2.45, 2.75) is 25.4 Å². The fourth-order valence-electron chi connectivity index (χ4n) is 1.93. The molecule has 2 rings (SSSR count). The minimum absolute atomic E-state index is 0.738. The van der Waals surface area contributed by atoms with Gasteiger partial charge in [0.25, 0.3) is 0 Å². The van der Waals surface area contributed by atoms with Crippen molar-refractivity contribution in [3.8, 4) is 0 Å². The number of rotatable bonds is 3. The van der Waals surface area contributed by atoms with E-state index in [2.05, 4.69) is 48.2 Å². The van der Waals surface area contributed by atoms with Crippen molar-refractivity contribution in [3.05, 3.63) is 20.8 Å². The standard InChI is InChI=1S/C10H13Br2NS/c11-6-9-2-1-4-13(9)7-8-3-5-14-10(8)12/h3,5,9H,1-2,4,6-7H2. The van der Waals surface area contributed by atoms with Crippen LogP contribution in [0.1, 0.15) is 18.4 Å². The molecule has 0 saturated carbocycles. The van der Waals surface area contributed by atoms with Gasteiger partial charge in [-0.05, 0) is 52.3 Å². The normalized spacial score (nSPS) is 23.1. The first-order chi connectivity index (χ1) is 6.81. The predicted molar refractivity (Wildman–Crippen MR) is 69.2 cm³/mol. The smallest absolute Gasteiger partial charge is 0.0743 e. The lowest BCUT2D eigenvalue weighted by Crippen LogP contribution is -2.29. The van der Waals surface area contributed by atoms with Crippen molar-refractivity contribution in [3.63, 3.8) is 0 Å². The molecule has 1 unspecified atom stereocenters. The second-order valence-corrected chi connectivity index (χ2v) is 6.52. The summed E-state index contributed by atoms with van der Waals surface area (Å²) in [5, 5.41) is 3.26. The highest BCUT2D eigenvalue weighted by atomic mass is 79.9. The van der Waals surface area contributed by atoms with E-state index in [1.807, 2.05) is 0 Å². The summed E-state index contributed by atoms with van der Waals surface area (Å²) in [5.74, 6) is 0. The Balaban J connectivity index is 2.00. The van der Waals surface area contributed by atoms with Crippen molar-refractivity contribution in [2.75, 3.05) is 11.9 Å². The van der Waals surface area contributed by atoms with Gasteiger partial charge in [0.1, 0.15) is 0 Å². The van der Waals surface area contributed by atoms with Crippen molar-refractivity contribution in [1.82, 2.24) is 4.90 Å². The summed E-state index contributed by atoms with van der Waals surface area (Å²) in [7, 11) is 0. The fourth-order valence-corrected chi connectivity index (χ4v) is 3.88. The molecule has 14 heavy (non-hydrogen) atoms. The highest BCUT2D eigenvalue weighted by Crippen LogP contribution is 2.28. The minimum atomic E-state index is 0.738. The lowest BCUT2D eigenvalue weighted by atomic mass is 10.2. The third-order valence-corrected chi connectivity index (χ3v) is 5.30. The first-order valence-corrected chi connectivity index (χ1v) is 7.62. The van der Waals surface area contributed by atoms with E-state index < -0.39 is 0 Å². The molecule has 0 amide bonds. The molecule has 1 saturated heterocycles. The van der Waals surface area contributed by atoms with Crippen LogP contribution in [0.4, 0.5) is 0 Å². The molecule has 78 valence electrons. The Morgan fingerprint density at radius 2 is 2.43 bits per heavy atom. The van der Waals surface area contributed by atoms with Crippen LogP contribution < -0.4 is 0 Å². The molecule has 1 aromatic rings. The third kappa shape index (κ3) is 2.40. The Morgan fingerprint density at radius 1 is 1.57 bits per heavy atom. The Labute approximate surface area is 106 Å². The number of likely N-dealkylation sites (tertiary alicyclic amines) is 1. The van der Waals surface area contributed by atoms with Crippen LogP contribution in [0.5, 0.6) is 0 Å². The monoisotopic (exact) mass is 337 g/mol. The molecular weight excluding hydrogens is 326 g/mol. The van der Waals surface area contributed by atoms with E-state index in [4.69, 9.17) is 0 Å². The Kier molecular flexibility index (Phi) is 4.05. The van der Waals surface area contributed by atoms with Gasteiger partial charge in [0.2, 0.25) is 0 Å². The van der Waals surface area contributed by atoms with Gasteiger partial charge >= 0.3 is 0 Å². The lowest BCUT2D eigenvalue weighted by Gasteiger charge is -2.22. The summed E-state index contributed by atoms with van der Waals surface area (Å²) < 4.78 is 1.29. The Hall–Kier alpha value is 0.620. The maximum Gasteiger partial charge on any atom is 0.0743 e. The van der Waals surface area contributed by atoms with Gasteiger partial charge in [0.05, 0.1) is 3.79 Å². The van der Waals surface area contributed by atoms with Crippen molar-refractivity contribution in [2.24, 2.45) is 0 Å². The summed E-state index contributed by atoms with van der Waals surface area (Å²) in [5.41, 5.74) is 1.43.